The van der Waals surface area contributed by atoms with Gasteiger partial charge in [-0.05, 0) is 41.1 Å². The molecular formula is C18H16OS. The lowest BCUT2D eigenvalue weighted by molar-refractivity contribution is 0.0980. The number of rotatable bonds is 5. The normalized spacial score (nSPS) is 10.8. The quantitative estimate of drug-likeness (QED) is 0.594. The maximum Gasteiger partial charge on any atom is 0.162 e. The maximum atomic E-state index is 12.2. The summed E-state index contributed by atoms with van der Waals surface area (Å²) in [4.78, 5) is 13.6. The first-order valence-electron chi connectivity index (χ1n) is 6.87. The van der Waals surface area contributed by atoms with Crippen LogP contribution in [-0.2, 0) is 6.42 Å². The Morgan fingerprint density at radius 2 is 1.80 bits per heavy atom. The third-order valence-electron chi connectivity index (χ3n) is 3.48. The number of hydrogen-bond acceptors (Lipinski definition) is 2. The summed E-state index contributed by atoms with van der Waals surface area (Å²) in [6.45, 7) is 0. The molecule has 1 aromatic heterocycles. The molecule has 0 radical (unpaired) electrons. The minimum Gasteiger partial charge on any atom is -0.294 e. The lowest BCUT2D eigenvalue weighted by Crippen LogP contribution is -1.99. The minimum absolute atomic E-state index is 0.243. The zero-order valence-corrected chi connectivity index (χ0v) is 12.0. The van der Waals surface area contributed by atoms with Gasteiger partial charge in [0.05, 0.1) is 0 Å². The van der Waals surface area contributed by atoms with Gasteiger partial charge in [-0.25, -0.2) is 0 Å². The van der Waals surface area contributed by atoms with E-state index in [4.69, 9.17) is 0 Å². The summed E-state index contributed by atoms with van der Waals surface area (Å²) < 4.78 is 0. The Morgan fingerprint density at radius 3 is 2.60 bits per heavy atom. The molecule has 20 heavy (non-hydrogen) atoms. The Kier molecular flexibility index (Phi) is 3.93. The average Bonchev–Trinajstić information content (AvgIpc) is 3.00. The second kappa shape index (κ2) is 6.02. The van der Waals surface area contributed by atoms with Crippen LogP contribution in [0.5, 0.6) is 0 Å². The lowest BCUT2D eigenvalue weighted by Gasteiger charge is -2.03. The van der Waals surface area contributed by atoms with Crippen LogP contribution >= 0.6 is 11.3 Å². The predicted octanol–water partition coefficient (Wildman–Crippen LogP) is 5.11. The smallest absolute Gasteiger partial charge is 0.162 e. The van der Waals surface area contributed by atoms with Gasteiger partial charge < -0.3 is 0 Å². The van der Waals surface area contributed by atoms with Crippen LogP contribution in [-0.4, -0.2) is 5.78 Å². The second-order valence-corrected chi connectivity index (χ2v) is 5.95. The molecule has 0 saturated carbocycles. The molecule has 2 heteroatoms. The maximum absolute atomic E-state index is 12.2. The van der Waals surface area contributed by atoms with Crippen molar-refractivity contribution in [2.24, 2.45) is 0 Å². The van der Waals surface area contributed by atoms with E-state index in [1.165, 1.54) is 10.3 Å². The Hall–Kier alpha value is -1.93. The van der Waals surface area contributed by atoms with Gasteiger partial charge in [0.2, 0.25) is 0 Å². The van der Waals surface area contributed by atoms with E-state index in [9.17, 15) is 4.79 Å². The van der Waals surface area contributed by atoms with E-state index in [2.05, 4.69) is 29.6 Å². The fraction of sp³-hybridized carbons (Fsp3) is 0.167. The van der Waals surface area contributed by atoms with Crippen molar-refractivity contribution in [3.8, 4) is 0 Å². The van der Waals surface area contributed by atoms with Crippen molar-refractivity contribution in [1.29, 1.82) is 0 Å². The predicted molar refractivity (Wildman–Crippen MR) is 85.5 cm³/mol. The highest BCUT2D eigenvalue weighted by Crippen LogP contribution is 2.18. The van der Waals surface area contributed by atoms with Crippen LogP contribution in [0.1, 0.15) is 28.1 Å². The highest BCUT2D eigenvalue weighted by atomic mass is 32.1. The third-order valence-corrected chi connectivity index (χ3v) is 4.41. The highest BCUT2D eigenvalue weighted by Gasteiger charge is 2.06. The van der Waals surface area contributed by atoms with Crippen LogP contribution in [0.2, 0.25) is 0 Å². The molecule has 3 rings (SSSR count). The number of aryl methyl sites for hydroxylation is 1. The van der Waals surface area contributed by atoms with Gasteiger partial charge in [-0.15, -0.1) is 11.3 Å². The number of ketones is 1. The van der Waals surface area contributed by atoms with E-state index in [1.807, 2.05) is 30.3 Å². The first kappa shape index (κ1) is 13.1. The molecule has 0 saturated heterocycles. The molecule has 2 aromatic carbocycles. The van der Waals surface area contributed by atoms with Gasteiger partial charge >= 0.3 is 0 Å². The Labute approximate surface area is 122 Å². The molecule has 0 bridgehead atoms. The molecule has 0 unspecified atom stereocenters. The molecule has 1 nitrogen and oxygen atoms in total. The first-order valence-corrected chi connectivity index (χ1v) is 7.75. The summed E-state index contributed by atoms with van der Waals surface area (Å²) in [6, 6.07) is 18.3. The van der Waals surface area contributed by atoms with Crippen molar-refractivity contribution in [3.05, 3.63) is 70.4 Å². The molecule has 0 spiro atoms. The number of fused-ring (bicyclic) bond motifs is 1. The van der Waals surface area contributed by atoms with E-state index in [-0.39, 0.29) is 5.78 Å². The number of thiophene rings is 1. The molecule has 0 aliphatic heterocycles. The summed E-state index contributed by atoms with van der Waals surface area (Å²) in [5, 5.41) is 4.40. The molecular weight excluding hydrogens is 264 g/mol. The van der Waals surface area contributed by atoms with E-state index in [1.54, 1.807) is 11.3 Å². The van der Waals surface area contributed by atoms with E-state index in [0.29, 0.717) is 6.42 Å². The summed E-state index contributed by atoms with van der Waals surface area (Å²) in [5.41, 5.74) is 0.829. The molecule has 0 fully saturated rings. The highest BCUT2D eigenvalue weighted by molar-refractivity contribution is 7.09. The number of carbonyl (C=O) groups is 1. The van der Waals surface area contributed by atoms with Crippen LogP contribution in [0.3, 0.4) is 0 Å². The topological polar surface area (TPSA) is 17.1 Å². The monoisotopic (exact) mass is 280 g/mol. The Bertz CT molecular complexity index is 713. The molecule has 3 aromatic rings. The van der Waals surface area contributed by atoms with Crippen molar-refractivity contribution >= 4 is 27.9 Å². The number of carbonyl (C=O) groups excluding carboxylic acids is 1. The van der Waals surface area contributed by atoms with Crippen LogP contribution in [0.25, 0.3) is 10.8 Å². The Balaban J connectivity index is 1.66. The van der Waals surface area contributed by atoms with E-state index < -0.39 is 0 Å². The summed E-state index contributed by atoms with van der Waals surface area (Å²) in [6.07, 6.45) is 2.54. The van der Waals surface area contributed by atoms with Gasteiger partial charge in [-0.1, -0.05) is 42.5 Å². The summed E-state index contributed by atoms with van der Waals surface area (Å²) >= 11 is 1.76. The van der Waals surface area contributed by atoms with Gasteiger partial charge in [0, 0.05) is 16.9 Å². The molecule has 0 atom stereocenters. The number of Topliss-reactive ketones (excluding diaryl/α,β-unsaturated/α-hetero) is 1. The van der Waals surface area contributed by atoms with Crippen LogP contribution < -0.4 is 0 Å². The number of hydrogen-bond donors (Lipinski definition) is 0. The Morgan fingerprint density at radius 1 is 0.950 bits per heavy atom. The second-order valence-electron chi connectivity index (χ2n) is 4.92. The van der Waals surface area contributed by atoms with Crippen LogP contribution in [0.4, 0.5) is 0 Å². The zero-order valence-electron chi connectivity index (χ0n) is 11.2. The fourth-order valence-corrected chi connectivity index (χ4v) is 3.14. The van der Waals surface area contributed by atoms with E-state index >= 15 is 0 Å². The fourth-order valence-electron chi connectivity index (χ4n) is 2.39. The average molecular weight is 280 g/mol. The summed E-state index contributed by atoms with van der Waals surface area (Å²) in [7, 11) is 0. The third kappa shape index (κ3) is 2.97. The first-order chi connectivity index (χ1) is 9.83. The van der Waals surface area contributed by atoms with Crippen molar-refractivity contribution < 1.29 is 4.79 Å². The summed E-state index contributed by atoms with van der Waals surface area (Å²) in [5.74, 6) is 0.243. The van der Waals surface area contributed by atoms with Gasteiger partial charge in [0.1, 0.15) is 0 Å². The molecule has 0 amide bonds. The largest absolute Gasteiger partial charge is 0.294 e. The molecule has 1 heterocycles. The van der Waals surface area contributed by atoms with Gasteiger partial charge in [-0.2, -0.15) is 0 Å². The number of benzene rings is 2. The van der Waals surface area contributed by atoms with Gasteiger partial charge in [-0.3, -0.25) is 4.79 Å². The molecule has 0 aliphatic carbocycles. The standard InChI is InChI=1S/C18H16OS/c19-18(9-3-7-17-8-4-12-20-17)16-11-10-14-5-1-2-6-15(14)13-16/h1-2,4-6,8,10-13H,3,7,9H2. The van der Waals surface area contributed by atoms with E-state index in [0.717, 1.165) is 23.8 Å². The van der Waals surface area contributed by atoms with Crippen molar-refractivity contribution in [1.82, 2.24) is 0 Å². The SMILES string of the molecule is O=C(CCCc1cccs1)c1ccc2ccccc2c1. The lowest BCUT2D eigenvalue weighted by atomic mass is 10.0. The molecule has 0 aliphatic rings. The van der Waals surface area contributed by atoms with Crippen molar-refractivity contribution in [2.45, 2.75) is 19.3 Å². The van der Waals surface area contributed by atoms with Crippen LogP contribution in [0, 0.1) is 0 Å². The van der Waals surface area contributed by atoms with Gasteiger partial charge in [0.15, 0.2) is 5.78 Å². The zero-order chi connectivity index (χ0) is 13.8. The minimum atomic E-state index is 0.243. The molecule has 100 valence electrons. The van der Waals surface area contributed by atoms with Crippen LogP contribution in [0.15, 0.2) is 60.0 Å². The van der Waals surface area contributed by atoms with Gasteiger partial charge in [0.25, 0.3) is 0 Å². The van der Waals surface area contributed by atoms with Crippen molar-refractivity contribution in [3.63, 3.8) is 0 Å². The van der Waals surface area contributed by atoms with Crippen molar-refractivity contribution in [2.75, 3.05) is 0 Å². The molecule has 0 N–H and O–H groups in total.